The quantitative estimate of drug-likeness (QED) is 0.878. The van der Waals surface area contributed by atoms with Crippen LogP contribution in [0.4, 0.5) is 0 Å². The number of benzene rings is 1. The highest BCUT2D eigenvalue weighted by Crippen LogP contribution is 2.29. The van der Waals surface area contributed by atoms with Crippen molar-refractivity contribution in [1.82, 2.24) is 5.32 Å². The molecule has 2 rings (SSSR count). The number of carbonyl (C=O) groups excluding carboxylic acids is 1. The summed E-state index contributed by atoms with van der Waals surface area (Å²) in [5.41, 5.74) is 0.583. The number of nitrogens with one attached hydrogen (secondary N) is 1. The summed E-state index contributed by atoms with van der Waals surface area (Å²) in [5.74, 6) is 1.65. The molecule has 0 saturated carbocycles. The summed E-state index contributed by atoms with van der Waals surface area (Å²) in [6.45, 7) is 6.17. The van der Waals surface area contributed by atoms with Crippen LogP contribution in [0.5, 0.6) is 11.5 Å². The fourth-order valence-electron chi connectivity index (χ4n) is 2.45. The number of rotatable bonds is 6. The maximum Gasteiger partial charge on any atom is 0.251 e. The van der Waals surface area contributed by atoms with Gasteiger partial charge in [0.15, 0.2) is 11.5 Å². The molecule has 22 heavy (non-hydrogen) atoms. The Morgan fingerprint density at radius 3 is 2.68 bits per heavy atom. The molecule has 1 fully saturated rings. The van der Waals surface area contributed by atoms with Gasteiger partial charge in [0.05, 0.1) is 13.2 Å². The lowest BCUT2D eigenvalue weighted by atomic mass is 10.0. The van der Waals surface area contributed by atoms with E-state index in [0.717, 1.165) is 26.1 Å². The SMILES string of the molecule is COc1cc(C(=O)NCC2CCOCC2)ccc1OC(C)C. The first-order valence-corrected chi connectivity index (χ1v) is 7.80. The molecule has 1 aliphatic rings. The summed E-state index contributed by atoms with van der Waals surface area (Å²) in [5, 5.41) is 2.99. The molecular formula is C17H25NO4. The van der Waals surface area contributed by atoms with Crippen LogP contribution in [0.1, 0.15) is 37.0 Å². The van der Waals surface area contributed by atoms with Crippen molar-refractivity contribution >= 4 is 5.91 Å². The minimum absolute atomic E-state index is 0.0575. The zero-order chi connectivity index (χ0) is 15.9. The summed E-state index contributed by atoms with van der Waals surface area (Å²) in [6.07, 6.45) is 2.07. The van der Waals surface area contributed by atoms with Gasteiger partial charge in [-0.2, -0.15) is 0 Å². The first-order valence-electron chi connectivity index (χ1n) is 7.80. The van der Waals surface area contributed by atoms with Crippen LogP contribution in [0, 0.1) is 5.92 Å². The lowest BCUT2D eigenvalue weighted by Gasteiger charge is -2.22. The lowest BCUT2D eigenvalue weighted by molar-refractivity contribution is 0.0642. The van der Waals surface area contributed by atoms with Crippen LogP contribution < -0.4 is 14.8 Å². The van der Waals surface area contributed by atoms with Gasteiger partial charge in [-0.05, 0) is 50.8 Å². The molecule has 5 heteroatoms. The predicted molar refractivity (Wildman–Crippen MR) is 84.6 cm³/mol. The molecule has 1 aliphatic heterocycles. The van der Waals surface area contributed by atoms with E-state index in [4.69, 9.17) is 14.2 Å². The molecule has 1 N–H and O–H groups in total. The average Bonchev–Trinajstić information content (AvgIpc) is 2.53. The summed E-state index contributed by atoms with van der Waals surface area (Å²) < 4.78 is 16.3. The predicted octanol–water partition coefficient (Wildman–Crippen LogP) is 2.64. The Bertz CT molecular complexity index is 495. The molecule has 1 amide bonds. The number of hydrogen-bond acceptors (Lipinski definition) is 4. The second kappa shape index (κ2) is 8.03. The minimum Gasteiger partial charge on any atom is -0.493 e. The van der Waals surface area contributed by atoms with E-state index in [-0.39, 0.29) is 12.0 Å². The second-order valence-electron chi connectivity index (χ2n) is 5.80. The second-order valence-corrected chi connectivity index (χ2v) is 5.80. The highest BCUT2D eigenvalue weighted by atomic mass is 16.5. The van der Waals surface area contributed by atoms with E-state index >= 15 is 0 Å². The molecular weight excluding hydrogens is 282 g/mol. The summed E-state index contributed by atoms with van der Waals surface area (Å²) in [6, 6.07) is 5.26. The number of carbonyl (C=O) groups is 1. The van der Waals surface area contributed by atoms with E-state index in [1.54, 1.807) is 25.3 Å². The number of hydrogen-bond donors (Lipinski definition) is 1. The molecule has 0 aliphatic carbocycles. The molecule has 122 valence electrons. The molecule has 1 saturated heterocycles. The van der Waals surface area contributed by atoms with Crippen LogP contribution in [0.2, 0.25) is 0 Å². The van der Waals surface area contributed by atoms with E-state index in [9.17, 15) is 4.79 Å². The Balaban J connectivity index is 1.96. The van der Waals surface area contributed by atoms with Crippen LogP contribution in [0.3, 0.4) is 0 Å². The Kier molecular flexibility index (Phi) is 6.07. The van der Waals surface area contributed by atoms with E-state index in [2.05, 4.69) is 5.32 Å². The Morgan fingerprint density at radius 2 is 2.05 bits per heavy atom. The normalized spacial score (nSPS) is 15.6. The van der Waals surface area contributed by atoms with Gasteiger partial charge < -0.3 is 19.5 Å². The largest absolute Gasteiger partial charge is 0.493 e. The van der Waals surface area contributed by atoms with Crippen molar-refractivity contribution in [1.29, 1.82) is 0 Å². The van der Waals surface area contributed by atoms with Gasteiger partial charge in [-0.1, -0.05) is 0 Å². The third-order valence-corrected chi connectivity index (χ3v) is 3.68. The third-order valence-electron chi connectivity index (χ3n) is 3.68. The molecule has 0 radical (unpaired) electrons. The zero-order valence-corrected chi connectivity index (χ0v) is 13.6. The van der Waals surface area contributed by atoms with Crippen LogP contribution in [0.15, 0.2) is 18.2 Å². The van der Waals surface area contributed by atoms with Gasteiger partial charge in [0.2, 0.25) is 0 Å². The topological polar surface area (TPSA) is 56.8 Å². The number of ether oxygens (including phenoxy) is 3. The average molecular weight is 307 g/mol. The van der Waals surface area contributed by atoms with Crippen LogP contribution in [0.25, 0.3) is 0 Å². The molecule has 1 heterocycles. The first-order chi connectivity index (χ1) is 10.6. The molecule has 0 aromatic heterocycles. The lowest BCUT2D eigenvalue weighted by Crippen LogP contribution is -2.32. The van der Waals surface area contributed by atoms with Gasteiger partial charge in [-0.15, -0.1) is 0 Å². The third kappa shape index (κ3) is 4.63. The van der Waals surface area contributed by atoms with Crippen LogP contribution in [-0.4, -0.2) is 38.9 Å². The van der Waals surface area contributed by atoms with Crippen molar-refractivity contribution in [3.8, 4) is 11.5 Å². The summed E-state index contributed by atoms with van der Waals surface area (Å²) >= 11 is 0. The molecule has 1 aromatic rings. The van der Waals surface area contributed by atoms with Crippen molar-refractivity contribution in [2.75, 3.05) is 26.9 Å². The monoisotopic (exact) mass is 307 g/mol. The molecule has 0 bridgehead atoms. The first kappa shape index (κ1) is 16.6. The molecule has 5 nitrogen and oxygen atoms in total. The van der Waals surface area contributed by atoms with E-state index < -0.39 is 0 Å². The Hall–Kier alpha value is -1.75. The standard InChI is InChI=1S/C17H25NO4/c1-12(2)22-15-5-4-14(10-16(15)20-3)17(19)18-11-13-6-8-21-9-7-13/h4-5,10,12-13H,6-9,11H2,1-3H3,(H,18,19). The maximum absolute atomic E-state index is 12.3. The van der Waals surface area contributed by atoms with Gasteiger partial charge in [0, 0.05) is 25.3 Å². The minimum atomic E-state index is -0.0825. The van der Waals surface area contributed by atoms with Crippen LogP contribution >= 0.6 is 0 Å². The van der Waals surface area contributed by atoms with E-state index in [1.165, 1.54) is 0 Å². The van der Waals surface area contributed by atoms with Gasteiger partial charge in [-0.25, -0.2) is 0 Å². The Morgan fingerprint density at radius 1 is 1.32 bits per heavy atom. The van der Waals surface area contributed by atoms with E-state index in [0.29, 0.717) is 29.5 Å². The molecule has 0 unspecified atom stereocenters. The van der Waals surface area contributed by atoms with Crippen molar-refractivity contribution in [3.05, 3.63) is 23.8 Å². The molecule has 0 atom stereocenters. The fraction of sp³-hybridized carbons (Fsp3) is 0.588. The van der Waals surface area contributed by atoms with Crippen LogP contribution in [-0.2, 0) is 4.74 Å². The maximum atomic E-state index is 12.3. The van der Waals surface area contributed by atoms with Crippen molar-refractivity contribution in [2.45, 2.75) is 32.8 Å². The zero-order valence-electron chi connectivity index (χ0n) is 13.6. The molecule has 0 spiro atoms. The summed E-state index contributed by atoms with van der Waals surface area (Å²) in [7, 11) is 1.58. The van der Waals surface area contributed by atoms with Gasteiger partial charge in [0.25, 0.3) is 5.91 Å². The fourth-order valence-corrected chi connectivity index (χ4v) is 2.45. The number of amides is 1. The van der Waals surface area contributed by atoms with Crippen molar-refractivity contribution in [3.63, 3.8) is 0 Å². The van der Waals surface area contributed by atoms with Gasteiger partial charge in [0.1, 0.15) is 0 Å². The number of methoxy groups -OCH3 is 1. The van der Waals surface area contributed by atoms with Crippen molar-refractivity contribution < 1.29 is 19.0 Å². The van der Waals surface area contributed by atoms with E-state index in [1.807, 2.05) is 13.8 Å². The Labute approximate surface area is 131 Å². The molecule has 1 aromatic carbocycles. The summed E-state index contributed by atoms with van der Waals surface area (Å²) in [4.78, 5) is 12.3. The van der Waals surface area contributed by atoms with Crippen molar-refractivity contribution in [2.24, 2.45) is 5.92 Å². The van der Waals surface area contributed by atoms with Gasteiger partial charge >= 0.3 is 0 Å². The highest BCUT2D eigenvalue weighted by molar-refractivity contribution is 5.94. The van der Waals surface area contributed by atoms with Gasteiger partial charge in [-0.3, -0.25) is 4.79 Å². The highest BCUT2D eigenvalue weighted by Gasteiger charge is 2.16. The smallest absolute Gasteiger partial charge is 0.251 e.